The van der Waals surface area contributed by atoms with Crippen LogP contribution in [0, 0.1) is 0 Å². The monoisotopic (exact) mass is 318 g/mol. The van der Waals surface area contributed by atoms with Crippen molar-refractivity contribution >= 4 is 5.91 Å². The van der Waals surface area contributed by atoms with Crippen molar-refractivity contribution in [2.45, 2.75) is 6.04 Å². The number of methoxy groups -OCH3 is 3. The summed E-state index contributed by atoms with van der Waals surface area (Å²) in [4.78, 5) is 14.3. The molecule has 8 nitrogen and oxygen atoms in total. The van der Waals surface area contributed by atoms with Crippen LogP contribution in [0.5, 0.6) is 17.2 Å². The van der Waals surface area contributed by atoms with E-state index in [1.165, 1.54) is 21.3 Å². The van der Waals surface area contributed by atoms with E-state index >= 15 is 0 Å². The van der Waals surface area contributed by atoms with Gasteiger partial charge in [-0.2, -0.15) is 0 Å². The zero-order chi connectivity index (χ0) is 16.4. The van der Waals surface area contributed by atoms with Gasteiger partial charge in [0.25, 0.3) is 5.91 Å². The van der Waals surface area contributed by atoms with Gasteiger partial charge in [0, 0.05) is 24.8 Å². The quantitative estimate of drug-likeness (QED) is 0.818. The third-order valence-corrected chi connectivity index (χ3v) is 3.88. The van der Waals surface area contributed by atoms with E-state index in [0.717, 1.165) is 0 Å². The number of carbonyl (C=O) groups is 1. The minimum absolute atomic E-state index is 0.0828. The van der Waals surface area contributed by atoms with Crippen LogP contribution in [-0.4, -0.2) is 60.2 Å². The predicted molar refractivity (Wildman–Crippen MR) is 81.1 cm³/mol. The second-order valence-corrected chi connectivity index (χ2v) is 5.16. The van der Waals surface area contributed by atoms with E-state index in [-0.39, 0.29) is 11.9 Å². The second kappa shape index (κ2) is 6.15. The largest absolute Gasteiger partial charge is 0.493 e. The lowest BCUT2D eigenvalue weighted by Gasteiger charge is -2.38. The molecular weight excluding hydrogens is 300 g/mol. The van der Waals surface area contributed by atoms with E-state index in [1.807, 2.05) is 0 Å². The Morgan fingerprint density at radius 3 is 2.26 bits per heavy atom. The lowest BCUT2D eigenvalue weighted by atomic mass is 10.1. The lowest BCUT2D eigenvalue weighted by Crippen LogP contribution is -2.50. The summed E-state index contributed by atoms with van der Waals surface area (Å²) in [5.41, 5.74) is 0.497. The van der Waals surface area contributed by atoms with Crippen molar-refractivity contribution in [2.75, 3.05) is 34.4 Å². The first-order valence-corrected chi connectivity index (χ1v) is 7.13. The highest BCUT2D eigenvalue weighted by Crippen LogP contribution is 2.39. The van der Waals surface area contributed by atoms with E-state index in [4.69, 9.17) is 14.2 Å². The van der Waals surface area contributed by atoms with Crippen LogP contribution in [0.15, 0.2) is 24.5 Å². The van der Waals surface area contributed by atoms with Gasteiger partial charge in [-0.25, -0.2) is 4.68 Å². The Labute approximate surface area is 133 Å². The summed E-state index contributed by atoms with van der Waals surface area (Å²) < 4.78 is 17.6. The lowest BCUT2D eigenvalue weighted by molar-refractivity contribution is 0.0497. The van der Waals surface area contributed by atoms with Crippen LogP contribution in [0.3, 0.4) is 0 Å². The number of benzene rings is 1. The topological polar surface area (TPSA) is 78.7 Å². The summed E-state index contributed by atoms with van der Waals surface area (Å²) in [7, 11) is 4.58. The van der Waals surface area contributed by atoms with Crippen molar-refractivity contribution in [1.82, 2.24) is 19.9 Å². The minimum Gasteiger partial charge on any atom is -0.493 e. The van der Waals surface area contributed by atoms with Gasteiger partial charge in [0.15, 0.2) is 11.5 Å². The molecule has 23 heavy (non-hydrogen) atoms. The molecule has 122 valence electrons. The second-order valence-electron chi connectivity index (χ2n) is 5.16. The summed E-state index contributed by atoms with van der Waals surface area (Å²) in [5, 5.41) is 7.73. The summed E-state index contributed by atoms with van der Waals surface area (Å²) in [6, 6.07) is 3.49. The van der Waals surface area contributed by atoms with Crippen molar-refractivity contribution in [3.63, 3.8) is 0 Å². The zero-order valence-corrected chi connectivity index (χ0v) is 13.2. The highest BCUT2D eigenvalue weighted by Gasteiger charge is 2.33. The van der Waals surface area contributed by atoms with Gasteiger partial charge in [0.05, 0.1) is 33.6 Å². The molecule has 3 rings (SSSR count). The number of ether oxygens (including phenoxy) is 3. The molecule has 0 N–H and O–H groups in total. The summed E-state index contributed by atoms with van der Waals surface area (Å²) in [6.07, 6.45) is 3.43. The number of rotatable bonds is 5. The first kappa shape index (κ1) is 15.1. The molecule has 0 saturated carbocycles. The van der Waals surface area contributed by atoms with Gasteiger partial charge in [-0.3, -0.25) is 4.79 Å². The van der Waals surface area contributed by atoms with Crippen LogP contribution in [0.1, 0.15) is 16.4 Å². The summed E-state index contributed by atoms with van der Waals surface area (Å²) in [5.74, 6) is 1.31. The molecule has 0 unspecified atom stereocenters. The van der Waals surface area contributed by atoms with Crippen LogP contribution in [-0.2, 0) is 0 Å². The molecule has 0 radical (unpaired) electrons. The number of aromatic nitrogens is 3. The van der Waals surface area contributed by atoms with Crippen molar-refractivity contribution < 1.29 is 19.0 Å². The Morgan fingerprint density at radius 1 is 1.13 bits per heavy atom. The number of hydrogen-bond acceptors (Lipinski definition) is 6. The smallest absolute Gasteiger partial charge is 0.254 e. The van der Waals surface area contributed by atoms with Gasteiger partial charge in [-0.15, -0.1) is 5.10 Å². The van der Waals surface area contributed by atoms with E-state index in [2.05, 4.69) is 10.3 Å². The van der Waals surface area contributed by atoms with E-state index < -0.39 is 0 Å². The SMILES string of the molecule is COc1cc(C(=O)N2CC(n3ccnn3)C2)cc(OC)c1OC. The number of likely N-dealkylation sites (tertiary alicyclic amines) is 1. The molecule has 2 aromatic rings. The maximum Gasteiger partial charge on any atom is 0.254 e. The fourth-order valence-electron chi connectivity index (χ4n) is 2.59. The molecule has 0 spiro atoms. The molecule has 1 fully saturated rings. The Morgan fingerprint density at radius 2 is 1.78 bits per heavy atom. The maximum atomic E-state index is 12.6. The number of carbonyl (C=O) groups excluding carboxylic acids is 1. The molecule has 1 amide bonds. The molecular formula is C15H18N4O4. The third kappa shape index (κ3) is 2.67. The molecule has 0 bridgehead atoms. The summed E-state index contributed by atoms with van der Waals surface area (Å²) >= 11 is 0. The first-order valence-electron chi connectivity index (χ1n) is 7.13. The third-order valence-electron chi connectivity index (χ3n) is 3.88. The van der Waals surface area contributed by atoms with E-state index in [0.29, 0.717) is 35.9 Å². The molecule has 1 aliphatic heterocycles. The molecule has 0 aliphatic carbocycles. The Balaban J connectivity index is 1.78. The highest BCUT2D eigenvalue weighted by molar-refractivity contribution is 5.96. The number of nitrogens with zero attached hydrogens (tertiary/aromatic N) is 4. The van der Waals surface area contributed by atoms with Crippen molar-refractivity contribution in [3.05, 3.63) is 30.1 Å². The van der Waals surface area contributed by atoms with Crippen LogP contribution < -0.4 is 14.2 Å². The molecule has 1 aromatic carbocycles. The molecule has 1 aliphatic rings. The predicted octanol–water partition coefficient (Wildman–Crippen LogP) is 1.00. The van der Waals surface area contributed by atoms with Crippen molar-refractivity contribution in [2.24, 2.45) is 0 Å². The van der Waals surface area contributed by atoms with Gasteiger partial charge in [0.2, 0.25) is 5.75 Å². The van der Waals surface area contributed by atoms with Crippen LogP contribution in [0.25, 0.3) is 0 Å². The highest BCUT2D eigenvalue weighted by atomic mass is 16.5. The molecule has 1 saturated heterocycles. The maximum absolute atomic E-state index is 12.6. The molecule has 2 heterocycles. The van der Waals surface area contributed by atoms with Gasteiger partial charge < -0.3 is 19.1 Å². The fraction of sp³-hybridized carbons (Fsp3) is 0.400. The van der Waals surface area contributed by atoms with Crippen LogP contribution in [0.4, 0.5) is 0 Å². The van der Waals surface area contributed by atoms with Gasteiger partial charge in [-0.05, 0) is 12.1 Å². The van der Waals surface area contributed by atoms with Crippen molar-refractivity contribution in [1.29, 1.82) is 0 Å². The Hall–Kier alpha value is -2.77. The van der Waals surface area contributed by atoms with Gasteiger partial charge in [-0.1, -0.05) is 5.21 Å². The number of amides is 1. The zero-order valence-electron chi connectivity index (χ0n) is 13.2. The molecule has 0 atom stereocenters. The van der Waals surface area contributed by atoms with Crippen LogP contribution >= 0.6 is 0 Å². The Kier molecular flexibility index (Phi) is 4.05. The standard InChI is InChI=1S/C15H18N4O4/c1-21-12-6-10(7-13(22-2)14(12)23-3)15(20)18-8-11(9-18)19-5-4-16-17-19/h4-7,11H,8-9H2,1-3H3. The average Bonchev–Trinajstić information content (AvgIpc) is 3.05. The molecule has 1 aromatic heterocycles. The number of hydrogen-bond donors (Lipinski definition) is 0. The van der Waals surface area contributed by atoms with Crippen LogP contribution in [0.2, 0.25) is 0 Å². The van der Waals surface area contributed by atoms with E-state index in [1.54, 1.807) is 34.1 Å². The Bertz CT molecular complexity index is 671. The normalized spacial score (nSPS) is 14.3. The molecule has 8 heteroatoms. The minimum atomic E-state index is -0.0828. The van der Waals surface area contributed by atoms with Gasteiger partial charge >= 0.3 is 0 Å². The first-order chi connectivity index (χ1) is 11.2. The van der Waals surface area contributed by atoms with E-state index in [9.17, 15) is 4.79 Å². The van der Waals surface area contributed by atoms with Gasteiger partial charge in [0.1, 0.15) is 0 Å². The average molecular weight is 318 g/mol. The summed E-state index contributed by atoms with van der Waals surface area (Å²) in [6.45, 7) is 1.19. The van der Waals surface area contributed by atoms with Crippen molar-refractivity contribution in [3.8, 4) is 17.2 Å². The fourth-order valence-corrected chi connectivity index (χ4v) is 2.59.